The fraction of sp³-hybridized carbons (Fsp3) is 0.318. The van der Waals surface area contributed by atoms with Crippen LogP contribution >= 0.6 is 11.6 Å². The highest BCUT2D eigenvalue weighted by Gasteiger charge is 2.37. The quantitative estimate of drug-likeness (QED) is 0.428. The van der Waals surface area contributed by atoms with Crippen LogP contribution in [0.5, 0.6) is 5.75 Å². The highest BCUT2D eigenvalue weighted by Crippen LogP contribution is 2.47. The molecule has 1 atom stereocenters. The number of halogens is 1. The Kier molecular flexibility index (Phi) is 4.19. The molecule has 4 nitrogen and oxygen atoms in total. The molecular weight excluding hydrogens is 362 g/mol. The van der Waals surface area contributed by atoms with E-state index >= 15 is 0 Å². The first-order valence-electron chi connectivity index (χ1n) is 9.04. The molecule has 0 aliphatic carbocycles. The maximum absolute atomic E-state index is 12.8. The number of phenolic OH excluding ortho intramolecular Hbond substituents is 1. The van der Waals surface area contributed by atoms with E-state index < -0.39 is 11.7 Å². The van der Waals surface area contributed by atoms with Crippen molar-refractivity contribution in [3.8, 4) is 5.75 Å². The van der Waals surface area contributed by atoms with Crippen molar-refractivity contribution in [3.05, 3.63) is 48.0 Å². The Hall–Kier alpha value is -2.46. The Morgan fingerprint density at radius 1 is 1.22 bits per heavy atom. The molecule has 0 unspecified atom stereocenters. The van der Waals surface area contributed by atoms with Gasteiger partial charge in [-0.05, 0) is 42.5 Å². The molecule has 0 fully saturated rings. The van der Waals surface area contributed by atoms with Crippen molar-refractivity contribution in [2.75, 3.05) is 17.3 Å². The molecule has 0 saturated heterocycles. The number of fused-ring (bicyclic) bond motifs is 5. The number of ether oxygens (including phenoxy) is 1. The lowest BCUT2D eigenvalue weighted by molar-refractivity contribution is 0.0582. The minimum Gasteiger partial charge on any atom is -0.507 e. The number of amides is 1. The topological polar surface area (TPSA) is 49.8 Å². The summed E-state index contributed by atoms with van der Waals surface area (Å²) in [5.41, 5.74) is 1.08. The summed E-state index contributed by atoms with van der Waals surface area (Å²) < 4.78 is 5.57. The van der Waals surface area contributed by atoms with E-state index in [2.05, 4.69) is 0 Å². The number of rotatable bonds is 1. The number of anilines is 1. The van der Waals surface area contributed by atoms with Crippen LogP contribution in [0.2, 0.25) is 0 Å². The molecule has 0 aromatic heterocycles. The molecule has 5 heteroatoms. The normalized spacial score (nSPS) is 16.7. The van der Waals surface area contributed by atoms with E-state index in [-0.39, 0.29) is 11.7 Å². The molecule has 3 aromatic rings. The molecule has 1 aliphatic rings. The lowest BCUT2D eigenvalue weighted by Gasteiger charge is -2.25. The first-order valence-corrected chi connectivity index (χ1v) is 9.57. The maximum atomic E-state index is 12.8. The van der Waals surface area contributed by atoms with Crippen molar-refractivity contribution in [3.63, 3.8) is 0 Å². The average Bonchev–Trinajstić information content (AvgIpc) is 2.98. The summed E-state index contributed by atoms with van der Waals surface area (Å²) in [4.78, 5) is 14.4. The molecule has 4 rings (SSSR count). The van der Waals surface area contributed by atoms with Crippen LogP contribution in [0.25, 0.3) is 21.5 Å². The Morgan fingerprint density at radius 2 is 1.96 bits per heavy atom. The van der Waals surface area contributed by atoms with E-state index in [0.29, 0.717) is 18.1 Å². The smallest absolute Gasteiger partial charge is 0.414 e. The number of alkyl halides is 1. The Bertz CT molecular complexity index is 1050. The third kappa shape index (κ3) is 2.98. The molecule has 1 aliphatic heterocycles. The minimum atomic E-state index is -0.595. The van der Waals surface area contributed by atoms with Gasteiger partial charge in [0.1, 0.15) is 11.4 Å². The largest absolute Gasteiger partial charge is 0.507 e. The molecule has 1 N–H and O–H groups in total. The highest BCUT2D eigenvalue weighted by atomic mass is 35.5. The van der Waals surface area contributed by atoms with Crippen molar-refractivity contribution in [1.82, 2.24) is 0 Å². The molecule has 0 saturated carbocycles. The summed E-state index contributed by atoms with van der Waals surface area (Å²) in [5, 5.41) is 14.5. The first kappa shape index (κ1) is 17.9. The fourth-order valence-electron chi connectivity index (χ4n) is 3.85. The maximum Gasteiger partial charge on any atom is 0.414 e. The molecule has 0 spiro atoms. The van der Waals surface area contributed by atoms with Gasteiger partial charge in [-0.2, -0.15) is 0 Å². The van der Waals surface area contributed by atoms with Gasteiger partial charge < -0.3 is 9.84 Å². The molecule has 0 radical (unpaired) electrons. The van der Waals surface area contributed by atoms with Gasteiger partial charge in [0.15, 0.2) is 0 Å². The second-order valence-electron chi connectivity index (χ2n) is 7.98. The average molecular weight is 384 g/mol. The first-order chi connectivity index (χ1) is 12.8. The number of carbonyl (C=O) groups excluding carboxylic acids is 1. The lowest BCUT2D eigenvalue weighted by atomic mass is 9.91. The highest BCUT2D eigenvalue weighted by molar-refractivity contribution is 6.20. The van der Waals surface area contributed by atoms with Gasteiger partial charge in [0.05, 0.1) is 5.69 Å². The predicted molar refractivity (Wildman–Crippen MR) is 110 cm³/mol. The molecular formula is C22H22ClNO3. The van der Waals surface area contributed by atoms with Gasteiger partial charge in [-0.25, -0.2) is 4.79 Å². The second kappa shape index (κ2) is 6.31. The van der Waals surface area contributed by atoms with Crippen LogP contribution in [0, 0.1) is 0 Å². The Morgan fingerprint density at radius 3 is 2.67 bits per heavy atom. The van der Waals surface area contributed by atoms with Crippen molar-refractivity contribution < 1.29 is 14.6 Å². The number of benzene rings is 3. The molecule has 1 heterocycles. The van der Waals surface area contributed by atoms with Gasteiger partial charge in [0, 0.05) is 29.8 Å². The van der Waals surface area contributed by atoms with Crippen LogP contribution in [0.4, 0.5) is 10.5 Å². The van der Waals surface area contributed by atoms with Crippen molar-refractivity contribution >= 4 is 44.9 Å². The van der Waals surface area contributed by atoms with Crippen LogP contribution in [-0.2, 0) is 4.74 Å². The molecule has 0 bridgehead atoms. The van der Waals surface area contributed by atoms with Crippen LogP contribution < -0.4 is 4.90 Å². The number of aromatic hydroxyl groups is 1. The summed E-state index contributed by atoms with van der Waals surface area (Å²) >= 11 is 6.29. The van der Waals surface area contributed by atoms with Crippen LogP contribution in [0.3, 0.4) is 0 Å². The number of hydrogen-bond acceptors (Lipinski definition) is 3. The fourth-order valence-corrected chi connectivity index (χ4v) is 4.10. The van der Waals surface area contributed by atoms with E-state index in [1.165, 1.54) is 0 Å². The molecule has 1 amide bonds. The lowest BCUT2D eigenvalue weighted by Crippen LogP contribution is -2.36. The van der Waals surface area contributed by atoms with Crippen molar-refractivity contribution in [2.24, 2.45) is 0 Å². The summed E-state index contributed by atoms with van der Waals surface area (Å²) in [7, 11) is 0. The summed E-state index contributed by atoms with van der Waals surface area (Å²) in [6.45, 7) is 5.96. The van der Waals surface area contributed by atoms with E-state index in [9.17, 15) is 9.90 Å². The number of hydrogen-bond donors (Lipinski definition) is 1. The summed E-state index contributed by atoms with van der Waals surface area (Å²) in [6, 6.07) is 13.6. The summed E-state index contributed by atoms with van der Waals surface area (Å²) in [6.07, 6.45) is -0.421. The van der Waals surface area contributed by atoms with E-state index in [0.717, 1.165) is 27.1 Å². The minimum absolute atomic E-state index is 0.0249. The van der Waals surface area contributed by atoms with Gasteiger partial charge in [-0.1, -0.05) is 36.4 Å². The third-order valence-corrected chi connectivity index (χ3v) is 5.30. The van der Waals surface area contributed by atoms with Crippen LogP contribution in [0.1, 0.15) is 32.3 Å². The zero-order valence-electron chi connectivity index (χ0n) is 15.6. The van der Waals surface area contributed by atoms with Gasteiger partial charge in [0.25, 0.3) is 0 Å². The van der Waals surface area contributed by atoms with E-state index in [1.807, 2.05) is 57.2 Å². The Labute approximate surface area is 163 Å². The zero-order chi connectivity index (χ0) is 19.3. The van der Waals surface area contributed by atoms with Crippen LogP contribution in [0.15, 0.2) is 42.5 Å². The van der Waals surface area contributed by atoms with Gasteiger partial charge >= 0.3 is 6.09 Å². The predicted octanol–water partition coefficient (Wildman–Crippen LogP) is 5.78. The third-order valence-electron chi connectivity index (χ3n) is 4.93. The van der Waals surface area contributed by atoms with Crippen molar-refractivity contribution in [1.29, 1.82) is 0 Å². The van der Waals surface area contributed by atoms with Gasteiger partial charge in [0.2, 0.25) is 0 Å². The summed E-state index contributed by atoms with van der Waals surface area (Å²) in [5.74, 6) is 0.511. The zero-order valence-corrected chi connectivity index (χ0v) is 16.4. The second-order valence-corrected chi connectivity index (χ2v) is 8.29. The standard InChI is InChI=1S/C22H22ClNO3/c1-22(2,3)27-21(26)24-12-14(11-23)19-17(24)10-18(25)16-9-8-13-6-4-5-7-15(13)20(16)19/h4-10,14,25H,11-12H2,1-3H3/t14-/m1/s1. The van der Waals surface area contributed by atoms with E-state index in [4.69, 9.17) is 16.3 Å². The number of phenols is 1. The Balaban J connectivity index is 1.99. The van der Waals surface area contributed by atoms with Gasteiger partial charge in [-0.15, -0.1) is 11.6 Å². The van der Waals surface area contributed by atoms with Gasteiger partial charge in [-0.3, -0.25) is 4.90 Å². The molecule has 140 valence electrons. The molecule has 3 aromatic carbocycles. The number of nitrogens with zero attached hydrogens (tertiary/aromatic N) is 1. The monoisotopic (exact) mass is 383 g/mol. The number of carbonyl (C=O) groups is 1. The molecule has 27 heavy (non-hydrogen) atoms. The SMILES string of the molecule is CC(C)(C)OC(=O)N1C[C@@H](CCl)c2c1cc(O)c1ccc3ccccc3c21. The van der Waals surface area contributed by atoms with Crippen LogP contribution in [-0.4, -0.2) is 29.2 Å². The van der Waals surface area contributed by atoms with E-state index in [1.54, 1.807) is 11.0 Å². The van der Waals surface area contributed by atoms with Crippen molar-refractivity contribution in [2.45, 2.75) is 32.3 Å².